The largest absolute Gasteiger partial charge is 0.467 e. The number of ether oxygens (including phenoxy) is 1. The van der Waals surface area contributed by atoms with Crippen molar-refractivity contribution in [3.8, 4) is 0 Å². The molecule has 1 aliphatic rings. The molecule has 2 atom stereocenters. The highest BCUT2D eigenvalue weighted by molar-refractivity contribution is 8.00. The molecule has 2 aromatic rings. The minimum absolute atomic E-state index is 0.0989. The number of hydrogen-bond acceptors (Lipinski definition) is 7. The summed E-state index contributed by atoms with van der Waals surface area (Å²) in [6, 6.07) is 9.45. The van der Waals surface area contributed by atoms with Crippen molar-refractivity contribution in [1.29, 1.82) is 0 Å². The Labute approximate surface area is 217 Å². The second-order valence-electron chi connectivity index (χ2n) is 7.70. The first kappa shape index (κ1) is 27.3. The second kappa shape index (κ2) is 11.6. The minimum atomic E-state index is -3.57. The van der Waals surface area contributed by atoms with Gasteiger partial charge in [-0.2, -0.15) is 4.31 Å². The number of rotatable bonds is 8. The van der Waals surface area contributed by atoms with Crippen molar-refractivity contribution < 1.29 is 27.5 Å². The van der Waals surface area contributed by atoms with Crippen molar-refractivity contribution in [1.82, 2.24) is 9.62 Å². The Morgan fingerprint density at radius 1 is 1.14 bits per heavy atom. The first-order valence-electron chi connectivity index (χ1n) is 10.3. The van der Waals surface area contributed by atoms with Gasteiger partial charge in [-0.1, -0.05) is 41.4 Å². The van der Waals surface area contributed by atoms with Gasteiger partial charge in [0.1, 0.15) is 12.1 Å². The molecule has 13 heteroatoms. The van der Waals surface area contributed by atoms with Crippen LogP contribution in [0.4, 0.5) is 5.69 Å². The van der Waals surface area contributed by atoms with Crippen LogP contribution in [0.25, 0.3) is 0 Å². The highest BCUT2D eigenvalue weighted by Gasteiger charge is 2.38. The Kier molecular flexibility index (Phi) is 9.05. The maximum Gasteiger partial charge on any atom is 0.328 e. The summed E-state index contributed by atoms with van der Waals surface area (Å²) < 4.78 is 29.8. The summed E-state index contributed by atoms with van der Waals surface area (Å²) in [5.41, 5.74) is 1.30. The number of nitrogens with one attached hydrogen (secondary N) is 2. The lowest BCUT2D eigenvalue weighted by atomic mass is 10.0. The zero-order valence-electron chi connectivity index (χ0n) is 18.8. The fourth-order valence-electron chi connectivity index (χ4n) is 3.43. The van der Waals surface area contributed by atoms with Crippen LogP contribution in [0.3, 0.4) is 0 Å². The summed E-state index contributed by atoms with van der Waals surface area (Å²) in [6.07, 6.45) is 1.14. The molecule has 2 amide bonds. The van der Waals surface area contributed by atoms with Crippen molar-refractivity contribution in [3.63, 3.8) is 0 Å². The lowest BCUT2D eigenvalue weighted by Crippen LogP contribution is -2.52. The Morgan fingerprint density at radius 2 is 1.77 bits per heavy atom. The third-order valence-electron chi connectivity index (χ3n) is 5.21. The molecule has 3 rings (SSSR count). The predicted molar refractivity (Wildman–Crippen MR) is 136 cm³/mol. The maximum absolute atomic E-state index is 12.8. The molecule has 1 fully saturated rings. The number of hydrogen-bond donors (Lipinski definition) is 2. The first-order chi connectivity index (χ1) is 16.5. The quantitative estimate of drug-likeness (QED) is 0.477. The van der Waals surface area contributed by atoms with Crippen molar-refractivity contribution in [3.05, 3.63) is 63.6 Å². The van der Waals surface area contributed by atoms with E-state index in [-0.39, 0.29) is 33.7 Å². The molecular formula is C22H23Cl2N3O6S2. The lowest BCUT2D eigenvalue weighted by Gasteiger charge is -2.23. The maximum atomic E-state index is 12.8. The number of nitrogens with zero attached hydrogens (tertiary/aromatic N) is 1. The number of methoxy groups -OCH3 is 1. The first-order valence-corrected chi connectivity index (χ1v) is 14.0. The third kappa shape index (κ3) is 6.89. The van der Waals surface area contributed by atoms with Crippen LogP contribution < -0.4 is 10.6 Å². The van der Waals surface area contributed by atoms with E-state index in [1.807, 2.05) is 0 Å². The van der Waals surface area contributed by atoms with Crippen LogP contribution in [0.5, 0.6) is 0 Å². The predicted octanol–water partition coefficient (Wildman–Crippen LogP) is 2.78. The zero-order chi connectivity index (χ0) is 25.8. The van der Waals surface area contributed by atoms with Crippen molar-refractivity contribution in [2.45, 2.75) is 18.5 Å². The van der Waals surface area contributed by atoms with Crippen LogP contribution in [0, 0.1) is 0 Å². The van der Waals surface area contributed by atoms with Gasteiger partial charge in [-0.05, 0) is 29.8 Å². The molecule has 1 heterocycles. The average Bonchev–Trinajstić information content (AvgIpc) is 3.30. The molecule has 1 saturated heterocycles. The average molecular weight is 560 g/mol. The van der Waals surface area contributed by atoms with Crippen LogP contribution in [0.1, 0.15) is 15.9 Å². The molecule has 0 aliphatic carbocycles. The topological polar surface area (TPSA) is 122 Å². The number of sulfonamides is 1. The Hall–Kier alpha value is -2.31. The van der Waals surface area contributed by atoms with Crippen LogP contribution in [-0.2, 0) is 30.8 Å². The number of anilines is 1. The molecule has 2 N–H and O–H groups in total. The smallest absolute Gasteiger partial charge is 0.328 e. The molecule has 188 valence electrons. The number of esters is 1. The van der Waals surface area contributed by atoms with Crippen LogP contribution in [0.2, 0.25) is 10.0 Å². The van der Waals surface area contributed by atoms with Crippen molar-refractivity contribution in [2.24, 2.45) is 0 Å². The van der Waals surface area contributed by atoms with E-state index in [0.29, 0.717) is 11.3 Å². The second-order valence-corrected chi connectivity index (χ2v) is 11.5. The molecule has 9 nitrogen and oxygen atoms in total. The molecule has 0 saturated carbocycles. The van der Waals surface area contributed by atoms with Gasteiger partial charge in [0.05, 0.1) is 34.9 Å². The summed E-state index contributed by atoms with van der Waals surface area (Å²) in [7, 11) is -2.37. The SMILES string of the molecule is COC(=O)C(Cc1ccc(NC(=O)c2c(Cl)cccc2Cl)cc1)NC(=O)C1CSCN1S(C)(=O)=O. The standard InChI is InChI=1S/C22H23Cl2N3O6S2/c1-33-22(30)17(26-20(28)18-11-34-12-27(18)35(2,31)32)10-13-6-8-14(9-7-13)25-21(29)19-15(23)4-3-5-16(19)24/h3-9,17-18H,10-12H2,1-2H3,(H,25,29)(H,26,28). The van der Waals surface area contributed by atoms with E-state index in [1.54, 1.807) is 42.5 Å². The van der Waals surface area contributed by atoms with E-state index in [9.17, 15) is 22.8 Å². The zero-order valence-corrected chi connectivity index (χ0v) is 21.9. The third-order valence-corrected chi connectivity index (χ3v) is 8.26. The highest BCUT2D eigenvalue weighted by Crippen LogP contribution is 2.26. The number of carbonyl (C=O) groups excluding carboxylic acids is 3. The van der Waals surface area contributed by atoms with Gasteiger partial charge < -0.3 is 15.4 Å². The normalized spacial score (nSPS) is 17.0. The van der Waals surface area contributed by atoms with Gasteiger partial charge in [0.25, 0.3) is 5.91 Å². The van der Waals surface area contributed by atoms with Gasteiger partial charge in [0.15, 0.2) is 0 Å². The van der Waals surface area contributed by atoms with Crippen molar-refractivity contribution in [2.75, 3.05) is 30.3 Å². The number of carbonyl (C=O) groups is 3. The van der Waals surface area contributed by atoms with Gasteiger partial charge >= 0.3 is 5.97 Å². The lowest BCUT2D eigenvalue weighted by molar-refractivity contribution is -0.145. The fourth-order valence-corrected chi connectivity index (χ4v) is 6.74. The minimum Gasteiger partial charge on any atom is -0.467 e. The molecule has 2 unspecified atom stereocenters. The molecular weight excluding hydrogens is 537 g/mol. The summed E-state index contributed by atoms with van der Waals surface area (Å²) in [6.45, 7) is 0. The van der Waals surface area contributed by atoms with Gasteiger partial charge in [0.2, 0.25) is 15.9 Å². The summed E-state index contributed by atoms with van der Waals surface area (Å²) in [5, 5.41) is 5.76. The fraction of sp³-hybridized carbons (Fsp3) is 0.318. The van der Waals surface area contributed by atoms with Gasteiger partial charge in [-0.15, -0.1) is 11.8 Å². The van der Waals surface area contributed by atoms with Crippen LogP contribution >= 0.6 is 35.0 Å². The number of halogens is 2. The van der Waals surface area contributed by atoms with Crippen LogP contribution in [0.15, 0.2) is 42.5 Å². The molecule has 0 radical (unpaired) electrons. The van der Waals surface area contributed by atoms with Crippen molar-refractivity contribution >= 4 is 68.5 Å². The molecule has 35 heavy (non-hydrogen) atoms. The van der Waals surface area contributed by atoms with E-state index in [4.69, 9.17) is 27.9 Å². The molecule has 0 spiro atoms. The van der Waals surface area contributed by atoms with E-state index in [0.717, 1.165) is 10.6 Å². The molecule has 0 bridgehead atoms. The number of benzene rings is 2. The van der Waals surface area contributed by atoms with E-state index >= 15 is 0 Å². The molecule has 2 aromatic carbocycles. The van der Waals surface area contributed by atoms with Gasteiger partial charge in [-0.3, -0.25) is 9.59 Å². The Morgan fingerprint density at radius 3 is 2.34 bits per heavy atom. The van der Waals surface area contributed by atoms with Gasteiger partial charge in [-0.25, -0.2) is 13.2 Å². The van der Waals surface area contributed by atoms with E-state index in [2.05, 4.69) is 10.6 Å². The summed E-state index contributed by atoms with van der Waals surface area (Å²) in [4.78, 5) is 37.7. The highest BCUT2D eigenvalue weighted by atomic mass is 35.5. The molecule has 1 aliphatic heterocycles. The Balaban J connectivity index is 1.69. The monoisotopic (exact) mass is 559 g/mol. The summed E-state index contributed by atoms with van der Waals surface area (Å²) >= 11 is 13.5. The Bertz CT molecular complexity index is 1200. The molecule has 0 aromatic heterocycles. The number of amides is 2. The number of thioether (sulfide) groups is 1. The van der Waals surface area contributed by atoms with Crippen LogP contribution in [-0.4, -0.2) is 67.6 Å². The van der Waals surface area contributed by atoms with E-state index < -0.39 is 39.9 Å². The van der Waals surface area contributed by atoms with E-state index in [1.165, 1.54) is 18.9 Å². The van der Waals surface area contributed by atoms with Gasteiger partial charge in [0, 0.05) is 17.9 Å². The summed E-state index contributed by atoms with van der Waals surface area (Å²) in [5.74, 6) is -1.25.